The van der Waals surface area contributed by atoms with Crippen LogP contribution in [0.5, 0.6) is 5.75 Å². The van der Waals surface area contributed by atoms with Gasteiger partial charge in [0.1, 0.15) is 5.75 Å². The van der Waals surface area contributed by atoms with Gasteiger partial charge in [-0.1, -0.05) is 5.10 Å². The van der Waals surface area contributed by atoms with E-state index in [9.17, 15) is 0 Å². The van der Waals surface area contributed by atoms with Gasteiger partial charge in [0.25, 0.3) is 0 Å². The van der Waals surface area contributed by atoms with Crippen molar-refractivity contribution in [3.63, 3.8) is 0 Å². The van der Waals surface area contributed by atoms with Gasteiger partial charge in [-0.05, 0) is 38.1 Å². The number of ether oxygens (including phenoxy) is 1. The molecule has 0 unspecified atom stereocenters. The Hall–Kier alpha value is -2.35. The predicted octanol–water partition coefficient (Wildman–Crippen LogP) is 2.40. The lowest BCUT2D eigenvalue weighted by atomic mass is 10.2. The molecule has 0 amide bonds. The van der Waals surface area contributed by atoms with Gasteiger partial charge < -0.3 is 9.15 Å². The van der Waals surface area contributed by atoms with Crippen LogP contribution >= 0.6 is 0 Å². The fourth-order valence-corrected chi connectivity index (χ4v) is 1.33. The van der Waals surface area contributed by atoms with E-state index in [1.165, 1.54) is 0 Å². The summed E-state index contributed by atoms with van der Waals surface area (Å²) in [4.78, 5) is 0. The van der Waals surface area contributed by atoms with E-state index in [0.29, 0.717) is 5.89 Å². The minimum Gasteiger partial charge on any atom is -0.491 e. The third kappa shape index (κ3) is 2.61. The van der Waals surface area contributed by atoms with Crippen LogP contribution < -0.4 is 4.74 Å². The Kier molecular flexibility index (Phi) is 3.06. The molecule has 0 atom stereocenters. The molecule has 86 valence electrons. The van der Waals surface area contributed by atoms with Gasteiger partial charge in [-0.25, -0.2) is 0 Å². The summed E-state index contributed by atoms with van der Waals surface area (Å²) in [6.07, 6.45) is 0.134. The van der Waals surface area contributed by atoms with Crippen LogP contribution in [0, 0.1) is 11.3 Å². The highest BCUT2D eigenvalue weighted by atomic mass is 16.5. The zero-order valence-electron chi connectivity index (χ0n) is 9.54. The molecular formula is C12H11N3O2. The van der Waals surface area contributed by atoms with Crippen molar-refractivity contribution < 1.29 is 9.15 Å². The van der Waals surface area contributed by atoms with Gasteiger partial charge in [0.05, 0.1) is 6.10 Å². The predicted molar refractivity (Wildman–Crippen MR) is 60.2 cm³/mol. The molecule has 0 radical (unpaired) electrons. The minimum atomic E-state index is -0.0393. The number of hydrogen-bond donors (Lipinski definition) is 0. The molecule has 0 saturated heterocycles. The highest BCUT2D eigenvalue weighted by Crippen LogP contribution is 2.21. The molecule has 0 aliphatic carbocycles. The molecule has 5 nitrogen and oxygen atoms in total. The first-order valence-electron chi connectivity index (χ1n) is 5.19. The summed E-state index contributed by atoms with van der Waals surface area (Å²) < 4.78 is 10.6. The Morgan fingerprint density at radius 3 is 2.47 bits per heavy atom. The molecule has 2 rings (SSSR count). The van der Waals surface area contributed by atoms with Crippen molar-refractivity contribution in [2.24, 2.45) is 0 Å². The Morgan fingerprint density at radius 2 is 1.94 bits per heavy atom. The van der Waals surface area contributed by atoms with E-state index in [0.717, 1.165) is 11.3 Å². The van der Waals surface area contributed by atoms with Gasteiger partial charge in [-0.3, -0.25) is 0 Å². The molecule has 1 aromatic carbocycles. The van der Waals surface area contributed by atoms with Crippen LogP contribution in [0.15, 0.2) is 28.7 Å². The Bertz CT molecular complexity index is 538. The Morgan fingerprint density at radius 1 is 1.24 bits per heavy atom. The van der Waals surface area contributed by atoms with E-state index in [2.05, 4.69) is 10.2 Å². The van der Waals surface area contributed by atoms with Crippen molar-refractivity contribution in [2.75, 3.05) is 0 Å². The average Bonchev–Trinajstić information content (AvgIpc) is 2.78. The van der Waals surface area contributed by atoms with Gasteiger partial charge in [-0.2, -0.15) is 5.26 Å². The molecule has 1 heterocycles. The van der Waals surface area contributed by atoms with Crippen LogP contribution in [0.4, 0.5) is 0 Å². The second-order valence-corrected chi connectivity index (χ2v) is 3.72. The lowest BCUT2D eigenvalue weighted by molar-refractivity contribution is 0.242. The van der Waals surface area contributed by atoms with Crippen molar-refractivity contribution in [1.29, 1.82) is 5.26 Å². The van der Waals surface area contributed by atoms with Crippen molar-refractivity contribution in [1.82, 2.24) is 10.2 Å². The van der Waals surface area contributed by atoms with Crippen LogP contribution in [0.1, 0.15) is 19.7 Å². The maximum atomic E-state index is 8.57. The molecule has 2 aromatic rings. The number of aromatic nitrogens is 2. The molecule has 0 aliphatic rings. The summed E-state index contributed by atoms with van der Waals surface area (Å²) >= 11 is 0. The van der Waals surface area contributed by atoms with Gasteiger partial charge in [0.15, 0.2) is 6.07 Å². The molecule has 0 saturated carbocycles. The summed E-state index contributed by atoms with van der Waals surface area (Å²) in [6.45, 7) is 3.93. The van der Waals surface area contributed by atoms with Crippen molar-refractivity contribution in [3.8, 4) is 23.3 Å². The van der Waals surface area contributed by atoms with Crippen LogP contribution in [0.3, 0.4) is 0 Å². The molecule has 5 heteroatoms. The fraction of sp³-hybridized carbons (Fsp3) is 0.250. The van der Waals surface area contributed by atoms with Gasteiger partial charge in [0.2, 0.25) is 5.89 Å². The van der Waals surface area contributed by atoms with E-state index in [1.807, 2.05) is 38.1 Å². The quantitative estimate of drug-likeness (QED) is 0.808. The average molecular weight is 229 g/mol. The lowest BCUT2D eigenvalue weighted by Gasteiger charge is -2.09. The first-order chi connectivity index (χ1) is 8.19. The van der Waals surface area contributed by atoms with E-state index in [1.54, 1.807) is 6.07 Å². The van der Waals surface area contributed by atoms with E-state index in [4.69, 9.17) is 14.4 Å². The number of rotatable bonds is 3. The molecule has 0 bridgehead atoms. The Labute approximate surface area is 98.7 Å². The van der Waals surface area contributed by atoms with Crippen LogP contribution in [-0.2, 0) is 0 Å². The van der Waals surface area contributed by atoms with Crippen LogP contribution in [0.2, 0.25) is 0 Å². The lowest BCUT2D eigenvalue weighted by Crippen LogP contribution is -2.05. The van der Waals surface area contributed by atoms with Crippen molar-refractivity contribution >= 4 is 0 Å². The second kappa shape index (κ2) is 4.66. The molecule has 0 N–H and O–H groups in total. The molecule has 0 fully saturated rings. The zero-order valence-corrected chi connectivity index (χ0v) is 9.54. The highest BCUT2D eigenvalue weighted by molar-refractivity contribution is 5.54. The number of nitriles is 1. The normalized spacial score (nSPS) is 10.2. The van der Waals surface area contributed by atoms with Gasteiger partial charge in [0, 0.05) is 5.56 Å². The largest absolute Gasteiger partial charge is 0.491 e. The summed E-state index contributed by atoms with van der Waals surface area (Å²) in [6, 6.07) is 9.06. The third-order valence-electron chi connectivity index (χ3n) is 1.99. The molecule has 0 aliphatic heterocycles. The molecule has 1 aromatic heterocycles. The molecule has 0 spiro atoms. The second-order valence-electron chi connectivity index (χ2n) is 3.72. The van der Waals surface area contributed by atoms with E-state index in [-0.39, 0.29) is 12.0 Å². The SMILES string of the molecule is CC(C)Oc1ccc(-c2nnc(C#N)o2)cc1. The number of hydrogen-bond acceptors (Lipinski definition) is 5. The molecular weight excluding hydrogens is 218 g/mol. The number of nitrogens with zero attached hydrogens (tertiary/aromatic N) is 3. The summed E-state index contributed by atoms with van der Waals surface area (Å²) in [5.41, 5.74) is 0.759. The summed E-state index contributed by atoms with van der Waals surface area (Å²) in [5.74, 6) is 1.07. The van der Waals surface area contributed by atoms with Crippen molar-refractivity contribution in [2.45, 2.75) is 20.0 Å². The summed E-state index contributed by atoms with van der Waals surface area (Å²) in [7, 11) is 0. The molecule has 17 heavy (non-hydrogen) atoms. The van der Waals surface area contributed by atoms with Crippen molar-refractivity contribution in [3.05, 3.63) is 30.2 Å². The van der Waals surface area contributed by atoms with E-state index < -0.39 is 0 Å². The maximum absolute atomic E-state index is 8.57. The monoisotopic (exact) mass is 229 g/mol. The first kappa shape index (κ1) is 11.1. The topological polar surface area (TPSA) is 71.9 Å². The van der Waals surface area contributed by atoms with Gasteiger partial charge in [-0.15, -0.1) is 5.10 Å². The highest BCUT2D eigenvalue weighted by Gasteiger charge is 2.07. The smallest absolute Gasteiger partial charge is 0.321 e. The zero-order chi connectivity index (χ0) is 12.3. The fourth-order valence-electron chi connectivity index (χ4n) is 1.33. The maximum Gasteiger partial charge on any atom is 0.321 e. The third-order valence-corrected chi connectivity index (χ3v) is 1.99. The summed E-state index contributed by atoms with van der Waals surface area (Å²) in [5, 5.41) is 15.9. The first-order valence-corrected chi connectivity index (χ1v) is 5.19. The van der Waals surface area contributed by atoms with Crippen LogP contribution in [-0.4, -0.2) is 16.3 Å². The van der Waals surface area contributed by atoms with E-state index >= 15 is 0 Å². The Balaban J connectivity index is 2.20. The standard InChI is InChI=1S/C12H11N3O2/c1-8(2)16-10-5-3-9(4-6-10)12-15-14-11(7-13)17-12/h3-6,8H,1-2H3. The van der Waals surface area contributed by atoms with Gasteiger partial charge >= 0.3 is 5.89 Å². The number of benzene rings is 1. The minimum absolute atomic E-state index is 0.0393. The van der Waals surface area contributed by atoms with Crippen LogP contribution in [0.25, 0.3) is 11.5 Å².